The second-order valence-electron chi connectivity index (χ2n) is 2.61. The molecule has 0 radical (unpaired) electrons. The van der Waals surface area contributed by atoms with Crippen LogP contribution >= 0.6 is 0 Å². The van der Waals surface area contributed by atoms with Crippen molar-refractivity contribution in [1.82, 2.24) is 5.32 Å². The van der Waals surface area contributed by atoms with E-state index in [1.54, 1.807) is 0 Å². The number of rotatable bonds is 4. The molecule has 0 atom stereocenters. The average Bonchev–Trinajstić information content (AvgIpc) is 1.76. The first kappa shape index (κ1) is 7.03. The van der Waals surface area contributed by atoms with Crippen molar-refractivity contribution in [1.29, 1.82) is 0 Å². The van der Waals surface area contributed by atoms with Gasteiger partial charge in [0.2, 0.25) is 0 Å². The Hall–Kier alpha value is -0.0800. The molecule has 54 valence electrons. The molecule has 0 aliphatic carbocycles. The van der Waals surface area contributed by atoms with Gasteiger partial charge in [0.25, 0.3) is 0 Å². The Kier molecular flexibility index (Phi) is 3.01. The summed E-state index contributed by atoms with van der Waals surface area (Å²) in [5, 5.41) is 3.36. The molecule has 1 fully saturated rings. The topological polar surface area (TPSA) is 21.3 Å². The third kappa shape index (κ3) is 2.33. The second kappa shape index (κ2) is 3.85. The molecule has 0 aromatic carbocycles. The predicted octanol–water partition coefficient (Wildman–Crippen LogP) is 0.632. The number of hydrogen-bond donors (Lipinski definition) is 1. The van der Waals surface area contributed by atoms with Gasteiger partial charge in [0.1, 0.15) is 0 Å². The monoisotopic (exact) mass is 129 g/mol. The minimum absolute atomic E-state index is 0.802. The largest absolute Gasteiger partial charge is 0.381 e. The maximum atomic E-state index is 5.03. The van der Waals surface area contributed by atoms with Gasteiger partial charge >= 0.3 is 0 Å². The maximum absolute atomic E-state index is 5.03. The highest BCUT2D eigenvalue weighted by molar-refractivity contribution is 4.67. The third-order valence-electron chi connectivity index (χ3n) is 1.57. The Morgan fingerprint density at radius 3 is 2.78 bits per heavy atom. The van der Waals surface area contributed by atoms with Crippen LogP contribution in [0.1, 0.15) is 13.3 Å². The summed E-state index contributed by atoms with van der Waals surface area (Å²) in [5.41, 5.74) is 0. The number of hydrogen-bond acceptors (Lipinski definition) is 2. The predicted molar refractivity (Wildman–Crippen MR) is 37.5 cm³/mol. The maximum Gasteiger partial charge on any atom is 0.0528 e. The molecule has 0 unspecified atom stereocenters. The molecule has 1 aliphatic heterocycles. The van der Waals surface area contributed by atoms with Gasteiger partial charge in [-0.2, -0.15) is 0 Å². The van der Waals surface area contributed by atoms with Crippen LogP contribution in [0.5, 0.6) is 0 Å². The Balaban J connectivity index is 1.80. The van der Waals surface area contributed by atoms with Crippen molar-refractivity contribution in [3.8, 4) is 0 Å². The molecule has 0 bridgehead atoms. The van der Waals surface area contributed by atoms with Gasteiger partial charge in [-0.1, -0.05) is 6.92 Å². The van der Waals surface area contributed by atoms with E-state index in [0.717, 1.165) is 32.2 Å². The molecule has 9 heavy (non-hydrogen) atoms. The van der Waals surface area contributed by atoms with Crippen LogP contribution in [0.3, 0.4) is 0 Å². The van der Waals surface area contributed by atoms with E-state index in [0.29, 0.717) is 0 Å². The summed E-state index contributed by atoms with van der Waals surface area (Å²) in [4.78, 5) is 0. The van der Waals surface area contributed by atoms with Crippen LogP contribution in [-0.4, -0.2) is 26.3 Å². The molecular formula is C7H15NO. The van der Waals surface area contributed by atoms with Crippen molar-refractivity contribution >= 4 is 0 Å². The van der Waals surface area contributed by atoms with Crippen molar-refractivity contribution in [2.75, 3.05) is 26.3 Å². The van der Waals surface area contributed by atoms with Gasteiger partial charge in [-0.3, -0.25) is 0 Å². The minimum Gasteiger partial charge on any atom is -0.381 e. The van der Waals surface area contributed by atoms with Crippen LogP contribution in [0.25, 0.3) is 0 Å². The third-order valence-corrected chi connectivity index (χ3v) is 1.57. The summed E-state index contributed by atoms with van der Waals surface area (Å²) in [7, 11) is 0. The zero-order valence-corrected chi connectivity index (χ0v) is 6.02. The van der Waals surface area contributed by atoms with Crippen molar-refractivity contribution in [2.45, 2.75) is 13.3 Å². The van der Waals surface area contributed by atoms with E-state index >= 15 is 0 Å². The Morgan fingerprint density at radius 2 is 2.33 bits per heavy atom. The Bertz CT molecular complexity index is 71.3. The standard InChI is InChI=1S/C7H15NO/c1-2-3-8-4-7-5-9-6-7/h7-8H,2-6H2,1H3. The van der Waals surface area contributed by atoms with E-state index in [1.807, 2.05) is 0 Å². The number of ether oxygens (including phenoxy) is 1. The van der Waals surface area contributed by atoms with Crippen molar-refractivity contribution in [2.24, 2.45) is 5.92 Å². The summed E-state index contributed by atoms with van der Waals surface area (Å²) < 4.78 is 5.03. The molecule has 1 N–H and O–H groups in total. The first-order chi connectivity index (χ1) is 4.43. The van der Waals surface area contributed by atoms with Gasteiger partial charge in [0, 0.05) is 12.5 Å². The molecule has 1 rings (SSSR count). The summed E-state index contributed by atoms with van der Waals surface area (Å²) in [6.45, 7) is 6.42. The molecule has 1 saturated heterocycles. The van der Waals surface area contributed by atoms with Gasteiger partial charge in [0.05, 0.1) is 13.2 Å². The lowest BCUT2D eigenvalue weighted by Gasteiger charge is -2.25. The fourth-order valence-electron chi connectivity index (χ4n) is 0.885. The first-order valence-corrected chi connectivity index (χ1v) is 3.72. The highest BCUT2D eigenvalue weighted by Gasteiger charge is 2.16. The van der Waals surface area contributed by atoms with Crippen molar-refractivity contribution < 1.29 is 4.74 Å². The van der Waals surface area contributed by atoms with Crippen LogP contribution in [0.4, 0.5) is 0 Å². The molecular weight excluding hydrogens is 114 g/mol. The van der Waals surface area contributed by atoms with E-state index in [4.69, 9.17) is 4.74 Å². The highest BCUT2D eigenvalue weighted by atomic mass is 16.5. The van der Waals surface area contributed by atoms with Crippen molar-refractivity contribution in [3.05, 3.63) is 0 Å². The molecule has 2 heteroatoms. The molecule has 0 aromatic heterocycles. The summed E-state index contributed by atoms with van der Waals surface area (Å²) >= 11 is 0. The Morgan fingerprint density at radius 1 is 1.56 bits per heavy atom. The van der Waals surface area contributed by atoms with Gasteiger partial charge in [0.15, 0.2) is 0 Å². The SMILES string of the molecule is CCCNCC1COC1. The van der Waals surface area contributed by atoms with Gasteiger partial charge in [-0.15, -0.1) is 0 Å². The zero-order valence-electron chi connectivity index (χ0n) is 6.02. The molecule has 1 aliphatic rings. The highest BCUT2D eigenvalue weighted by Crippen LogP contribution is 2.07. The van der Waals surface area contributed by atoms with Crippen LogP contribution in [0.2, 0.25) is 0 Å². The average molecular weight is 129 g/mol. The van der Waals surface area contributed by atoms with Crippen LogP contribution in [0.15, 0.2) is 0 Å². The van der Waals surface area contributed by atoms with E-state index in [-0.39, 0.29) is 0 Å². The Labute approximate surface area is 56.6 Å². The van der Waals surface area contributed by atoms with Gasteiger partial charge in [-0.05, 0) is 13.0 Å². The van der Waals surface area contributed by atoms with Crippen molar-refractivity contribution in [3.63, 3.8) is 0 Å². The molecule has 0 spiro atoms. The van der Waals surface area contributed by atoms with Gasteiger partial charge < -0.3 is 10.1 Å². The fourth-order valence-corrected chi connectivity index (χ4v) is 0.885. The molecule has 0 saturated carbocycles. The quantitative estimate of drug-likeness (QED) is 0.562. The lowest BCUT2D eigenvalue weighted by Crippen LogP contribution is -2.36. The van der Waals surface area contributed by atoms with Crippen LogP contribution in [-0.2, 0) is 4.74 Å². The zero-order chi connectivity index (χ0) is 6.53. The summed E-state index contributed by atoms with van der Waals surface area (Å²) in [6, 6.07) is 0. The first-order valence-electron chi connectivity index (χ1n) is 3.72. The fraction of sp³-hybridized carbons (Fsp3) is 1.00. The molecule has 0 amide bonds. The lowest BCUT2D eigenvalue weighted by atomic mass is 10.1. The lowest BCUT2D eigenvalue weighted by molar-refractivity contribution is -0.0305. The van der Waals surface area contributed by atoms with E-state index < -0.39 is 0 Å². The second-order valence-corrected chi connectivity index (χ2v) is 2.61. The van der Waals surface area contributed by atoms with E-state index in [2.05, 4.69) is 12.2 Å². The number of nitrogens with one attached hydrogen (secondary N) is 1. The summed E-state index contributed by atoms with van der Waals surface area (Å²) in [5.74, 6) is 0.802. The van der Waals surface area contributed by atoms with Gasteiger partial charge in [-0.25, -0.2) is 0 Å². The minimum atomic E-state index is 0.802. The van der Waals surface area contributed by atoms with E-state index in [9.17, 15) is 0 Å². The molecule has 1 heterocycles. The van der Waals surface area contributed by atoms with Crippen LogP contribution in [0, 0.1) is 5.92 Å². The van der Waals surface area contributed by atoms with E-state index in [1.165, 1.54) is 6.42 Å². The molecule has 2 nitrogen and oxygen atoms in total. The molecule has 0 aromatic rings. The van der Waals surface area contributed by atoms with Crippen LogP contribution < -0.4 is 5.32 Å². The normalized spacial score (nSPS) is 19.7. The smallest absolute Gasteiger partial charge is 0.0528 e. The summed E-state index contributed by atoms with van der Waals surface area (Å²) in [6.07, 6.45) is 1.23.